The molecule has 0 unspecified atom stereocenters. The Morgan fingerprint density at radius 1 is 1.11 bits per heavy atom. The lowest BCUT2D eigenvalue weighted by Gasteiger charge is -2.06. The fraction of sp³-hybridized carbons (Fsp3) is 0.154. The number of hydrogen-bond acceptors (Lipinski definition) is 3. The van der Waals surface area contributed by atoms with E-state index in [9.17, 15) is 17.2 Å². The normalized spacial score (nSPS) is 11.5. The molecule has 3 nitrogen and oxygen atoms in total. The molecule has 2 aromatic rings. The van der Waals surface area contributed by atoms with Crippen LogP contribution in [0.25, 0.3) is 11.1 Å². The summed E-state index contributed by atoms with van der Waals surface area (Å²) in [6.45, 7) is 1.43. The van der Waals surface area contributed by atoms with E-state index in [1.807, 2.05) is 0 Å². The van der Waals surface area contributed by atoms with Crippen LogP contribution in [0.3, 0.4) is 0 Å². The number of benzene rings is 1. The second kappa shape index (κ2) is 5.05. The Morgan fingerprint density at radius 3 is 2.32 bits per heavy atom. The van der Waals surface area contributed by atoms with E-state index in [-0.39, 0.29) is 5.75 Å². The smallest absolute Gasteiger partial charge is 0.227 e. The fourth-order valence-electron chi connectivity index (χ4n) is 1.60. The molecule has 6 heteroatoms. The molecule has 2 rings (SSSR count). The van der Waals surface area contributed by atoms with Crippen molar-refractivity contribution in [3.63, 3.8) is 0 Å². The third-order valence-electron chi connectivity index (χ3n) is 2.70. The van der Waals surface area contributed by atoms with Crippen molar-refractivity contribution in [2.45, 2.75) is 11.8 Å². The summed E-state index contributed by atoms with van der Waals surface area (Å²) in [6, 6.07) is 6.66. The van der Waals surface area contributed by atoms with E-state index in [0.717, 1.165) is 0 Å². The van der Waals surface area contributed by atoms with Gasteiger partial charge in [-0.15, -0.1) is 0 Å². The summed E-state index contributed by atoms with van der Waals surface area (Å²) in [7, 11) is -3.68. The maximum absolute atomic E-state index is 13.5. The van der Waals surface area contributed by atoms with Crippen molar-refractivity contribution in [1.29, 1.82) is 0 Å². The van der Waals surface area contributed by atoms with Crippen LogP contribution in [-0.2, 0) is 9.84 Å². The molecule has 0 spiro atoms. The van der Waals surface area contributed by atoms with Gasteiger partial charge < -0.3 is 0 Å². The van der Waals surface area contributed by atoms with Gasteiger partial charge in [0.25, 0.3) is 0 Å². The first kappa shape index (κ1) is 13.6. The van der Waals surface area contributed by atoms with Gasteiger partial charge >= 0.3 is 0 Å². The molecule has 1 aromatic heterocycles. The van der Waals surface area contributed by atoms with Gasteiger partial charge in [0.1, 0.15) is 10.7 Å². The Labute approximate surface area is 109 Å². The van der Waals surface area contributed by atoms with Crippen LogP contribution < -0.4 is 0 Å². The van der Waals surface area contributed by atoms with Crippen molar-refractivity contribution < 1.29 is 17.2 Å². The van der Waals surface area contributed by atoms with Crippen LogP contribution in [0.5, 0.6) is 0 Å². The summed E-state index contributed by atoms with van der Waals surface area (Å²) in [5.41, 5.74) is 0.995. The number of rotatable bonds is 3. The molecule has 0 N–H and O–H groups in total. The van der Waals surface area contributed by atoms with Crippen LogP contribution in [0.1, 0.15) is 6.92 Å². The molecule has 1 heterocycles. The zero-order valence-corrected chi connectivity index (χ0v) is 10.9. The molecule has 1 aromatic carbocycles. The maximum atomic E-state index is 13.5. The van der Waals surface area contributed by atoms with Crippen molar-refractivity contribution in [2.75, 3.05) is 5.75 Å². The first-order valence-electron chi connectivity index (χ1n) is 5.58. The molecule has 0 bridgehead atoms. The molecule has 0 fully saturated rings. The molecule has 19 heavy (non-hydrogen) atoms. The highest BCUT2D eigenvalue weighted by Gasteiger charge is 2.19. The third-order valence-corrected chi connectivity index (χ3v) is 4.42. The minimum Gasteiger partial charge on any atom is -0.227 e. The summed E-state index contributed by atoms with van der Waals surface area (Å²) < 4.78 is 49.7. The van der Waals surface area contributed by atoms with Crippen LogP contribution in [-0.4, -0.2) is 19.2 Å². The van der Waals surface area contributed by atoms with Crippen molar-refractivity contribution in [2.24, 2.45) is 0 Å². The zero-order valence-electron chi connectivity index (χ0n) is 10.1. The average molecular weight is 283 g/mol. The molecule has 0 amide bonds. The van der Waals surface area contributed by atoms with Crippen LogP contribution in [0.15, 0.2) is 41.4 Å². The summed E-state index contributed by atoms with van der Waals surface area (Å²) in [4.78, 5) is 3.02. The summed E-state index contributed by atoms with van der Waals surface area (Å²) in [5.74, 6) is -1.63. The van der Waals surface area contributed by atoms with Gasteiger partial charge in [-0.05, 0) is 23.8 Å². The minimum absolute atomic E-state index is 0.210. The van der Waals surface area contributed by atoms with Crippen LogP contribution in [0.2, 0.25) is 0 Å². The average Bonchev–Trinajstić information content (AvgIpc) is 2.40. The van der Waals surface area contributed by atoms with E-state index >= 15 is 0 Å². The number of halogens is 2. The minimum atomic E-state index is -3.68. The largest absolute Gasteiger partial charge is 0.231 e. The lowest BCUT2D eigenvalue weighted by Crippen LogP contribution is -2.07. The first-order chi connectivity index (χ1) is 8.94. The molecule has 0 radical (unpaired) electrons. The molecule has 0 saturated carbocycles. The number of aromatic nitrogens is 1. The first-order valence-corrected chi connectivity index (χ1v) is 7.23. The topological polar surface area (TPSA) is 47.0 Å². The standard InChI is InChI=1S/C13H11F2NO2S/c1-2-19(17,18)12-7-10(8-16-13(12)15)9-3-5-11(14)6-4-9/h3-8H,2H2,1H3. The molecular weight excluding hydrogens is 272 g/mol. The zero-order chi connectivity index (χ0) is 14.0. The Balaban J connectivity index is 2.56. The van der Waals surface area contributed by atoms with Crippen molar-refractivity contribution in [3.8, 4) is 11.1 Å². The van der Waals surface area contributed by atoms with Gasteiger partial charge in [-0.25, -0.2) is 17.8 Å². The Morgan fingerprint density at radius 2 is 1.74 bits per heavy atom. The molecule has 0 atom stereocenters. The monoisotopic (exact) mass is 283 g/mol. The van der Waals surface area contributed by atoms with E-state index in [1.165, 1.54) is 43.5 Å². The second-order valence-electron chi connectivity index (χ2n) is 3.92. The highest BCUT2D eigenvalue weighted by atomic mass is 32.2. The summed E-state index contributed by atoms with van der Waals surface area (Å²) in [6.07, 6.45) is 1.22. The highest BCUT2D eigenvalue weighted by Crippen LogP contribution is 2.24. The number of nitrogens with zero attached hydrogens (tertiary/aromatic N) is 1. The van der Waals surface area contributed by atoms with Gasteiger partial charge in [-0.1, -0.05) is 19.1 Å². The summed E-state index contributed by atoms with van der Waals surface area (Å²) >= 11 is 0. The fourth-order valence-corrected chi connectivity index (χ4v) is 2.53. The van der Waals surface area contributed by atoms with Crippen molar-refractivity contribution >= 4 is 9.84 Å². The van der Waals surface area contributed by atoms with Gasteiger partial charge in [-0.3, -0.25) is 0 Å². The number of hydrogen-bond donors (Lipinski definition) is 0. The van der Waals surface area contributed by atoms with Gasteiger partial charge in [0.15, 0.2) is 9.84 Å². The predicted molar refractivity (Wildman–Crippen MR) is 67.3 cm³/mol. The molecule has 0 aliphatic heterocycles. The van der Waals surface area contributed by atoms with Crippen LogP contribution >= 0.6 is 0 Å². The predicted octanol–water partition coefficient (Wildman–Crippen LogP) is 2.82. The Hall–Kier alpha value is -1.82. The van der Waals surface area contributed by atoms with Crippen molar-refractivity contribution in [3.05, 3.63) is 48.3 Å². The van der Waals surface area contributed by atoms with E-state index in [0.29, 0.717) is 11.1 Å². The molecule has 100 valence electrons. The molecule has 0 aliphatic rings. The van der Waals surface area contributed by atoms with E-state index in [2.05, 4.69) is 4.98 Å². The molecule has 0 saturated heterocycles. The lowest BCUT2D eigenvalue weighted by molar-refractivity contribution is 0.539. The molecular formula is C13H11F2NO2S. The summed E-state index contributed by atoms with van der Waals surface area (Å²) in [5, 5.41) is 0. The van der Waals surface area contributed by atoms with Crippen LogP contribution in [0.4, 0.5) is 8.78 Å². The lowest BCUT2D eigenvalue weighted by atomic mass is 10.1. The van der Waals surface area contributed by atoms with Crippen molar-refractivity contribution in [1.82, 2.24) is 4.98 Å². The second-order valence-corrected chi connectivity index (χ2v) is 6.17. The third kappa shape index (κ3) is 2.78. The van der Waals surface area contributed by atoms with Gasteiger partial charge in [0.2, 0.25) is 5.95 Å². The Bertz CT molecular complexity index is 697. The van der Waals surface area contributed by atoms with E-state index in [4.69, 9.17) is 0 Å². The number of pyridine rings is 1. The van der Waals surface area contributed by atoms with Gasteiger partial charge in [-0.2, -0.15) is 4.39 Å². The van der Waals surface area contributed by atoms with Gasteiger partial charge in [0, 0.05) is 11.8 Å². The highest BCUT2D eigenvalue weighted by molar-refractivity contribution is 7.91. The Kier molecular flexibility index (Phi) is 3.61. The van der Waals surface area contributed by atoms with E-state index < -0.39 is 26.5 Å². The number of sulfone groups is 1. The van der Waals surface area contributed by atoms with Gasteiger partial charge in [0.05, 0.1) is 5.75 Å². The SMILES string of the molecule is CCS(=O)(=O)c1cc(-c2ccc(F)cc2)cnc1F. The quantitative estimate of drug-likeness (QED) is 0.814. The van der Waals surface area contributed by atoms with Crippen LogP contribution in [0, 0.1) is 11.8 Å². The maximum Gasteiger partial charge on any atom is 0.231 e. The van der Waals surface area contributed by atoms with E-state index in [1.54, 1.807) is 0 Å². The molecule has 0 aliphatic carbocycles.